The lowest BCUT2D eigenvalue weighted by Gasteiger charge is -2.31. The zero-order valence-electron chi connectivity index (χ0n) is 10.7. The number of benzene rings is 1. The van der Waals surface area contributed by atoms with Gasteiger partial charge < -0.3 is 9.64 Å². The number of nitrogens with zero attached hydrogens (tertiary/aromatic N) is 1. The highest BCUT2D eigenvalue weighted by Gasteiger charge is 2.33. The van der Waals surface area contributed by atoms with Gasteiger partial charge in [-0.25, -0.2) is 8.78 Å². The lowest BCUT2D eigenvalue weighted by molar-refractivity contribution is -0.0554. The van der Waals surface area contributed by atoms with Gasteiger partial charge in [-0.3, -0.25) is 0 Å². The van der Waals surface area contributed by atoms with E-state index in [1.165, 1.54) is 0 Å². The lowest BCUT2D eigenvalue weighted by atomic mass is 10.1. The summed E-state index contributed by atoms with van der Waals surface area (Å²) in [5, 5.41) is 0. The third-order valence-corrected chi connectivity index (χ3v) is 3.94. The van der Waals surface area contributed by atoms with Crippen molar-refractivity contribution in [3.63, 3.8) is 0 Å². The predicted octanol–water partition coefficient (Wildman–Crippen LogP) is 3.79. The highest BCUT2D eigenvalue weighted by atomic mass is 127. The highest BCUT2D eigenvalue weighted by molar-refractivity contribution is 14.1. The molecule has 106 valence electrons. The van der Waals surface area contributed by atoms with Crippen molar-refractivity contribution in [1.82, 2.24) is 4.90 Å². The normalized spacial score (nSPS) is 19.3. The number of alkyl halides is 2. The average Bonchev–Trinajstić information content (AvgIpc) is 2.36. The molecule has 1 saturated heterocycles. The van der Waals surface area contributed by atoms with Crippen LogP contribution < -0.4 is 4.74 Å². The Labute approximate surface area is 126 Å². The molecule has 0 bridgehead atoms. The summed E-state index contributed by atoms with van der Waals surface area (Å²) in [5.74, 6) is -1.58. The van der Waals surface area contributed by atoms with Crippen LogP contribution in [0.25, 0.3) is 0 Å². The van der Waals surface area contributed by atoms with Gasteiger partial charge in [-0.1, -0.05) is 6.07 Å². The number of hydrogen-bond donors (Lipinski definition) is 0. The van der Waals surface area contributed by atoms with Crippen molar-refractivity contribution in [1.29, 1.82) is 0 Å². The summed E-state index contributed by atoms with van der Waals surface area (Å²) in [6, 6.07) is 7.90. The second-order valence-electron chi connectivity index (χ2n) is 4.86. The maximum Gasteiger partial charge on any atom is 0.250 e. The molecule has 1 aromatic carbocycles. The van der Waals surface area contributed by atoms with E-state index < -0.39 is 5.92 Å². The number of ether oxygens (including phenoxy) is 1. The first-order chi connectivity index (χ1) is 9.05. The topological polar surface area (TPSA) is 12.5 Å². The van der Waals surface area contributed by atoms with Crippen molar-refractivity contribution in [2.75, 3.05) is 26.2 Å². The molecule has 1 aromatic rings. The Morgan fingerprint density at radius 3 is 2.68 bits per heavy atom. The Bertz CT molecular complexity index is 404. The summed E-state index contributed by atoms with van der Waals surface area (Å²) in [6.07, 6.45) is 0.854. The van der Waals surface area contributed by atoms with Crippen LogP contribution in [0, 0.1) is 3.57 Å². The molecule has 0 unspecified atom stereocenters. The molecule has 0 amide bonds. The van der Waals surface area contributed by atoms with Crippen molar-refractivity contribution in [2.24, 2.45) is 0 Å². The molecule has 0 aliphatic carbocycles. The average molecular weight is 381 g/mol. The van der Waals surface area contributed by atoms with Gasteiger partial charge in [0, 0.05) is 36.0 Å². The molecule has 0 aromatic heterocycles. The zero-order chi connectivity index (χ0) is 13.7. The maximum atomic E-state index is 13.0. The second kappa shape index (κ2) is 6.83. The van der Waals surface area contributed by atoms with Crippen molar-refractivity contribution >= 4 is 22.6 Å². The standard InChI is InChI=1S/C14H18F2INO/c15-14(16)5-8-18(9-6-14)7-2-10-19-13-4-1-3-12(17)11-13/h1,3-4,11H,2,5-10H2. The number of likely N-dealkylation sites (tertiary alicyclic amines) is 1. The zero-order valence-corrected chi connectivity index (χ0v) is 12.9. The van der Waals surface area contributed by atoms with E-state index >= 15 is 0 Å². The molecule has 0 radical (unpaired) electrons. The van der Waals surface area contributed by atoms with Gasteiger partial charge in [0.05, 0.1) is 6.61 Å². The third kappa shape index (κ3) is 5.22. The Kier molecular flexibility index (Phi) is 5.38. The molecule has 0 saturated carbocycles. The van der Waals surface area contributed by atoms with Gasteiger partial charge in [-0.15, -0.1) is 0 Å². The molecule has 2 nitrogen and oxygen atoms in total. The molecule has 0 N–H and O–H groups in total. The molecular formula is C14H18F2INO. The van der Waals surface area contributed by atoms with E-state index in [2.05, 4.69) is 27.5 Å². The lowest BCUT2D eigenvalue weighted by Crippen LogP contribution is -2.40. The molecule has 0 spiro atoms. The number of halogens is 3. The van der Waals surface area contributed by atoms with Gasteiger partial charge >= 0.3 is 0 Å². The molecule has 0 atom stereocenters. The van der Waals surface area contributed by atoms with Crippen LogP contribution in [0.4, 0.5) is 8.78 Å². The Morgan fingerprint density at radius 1 is 1.26 bits per heavy atom. The predicted molar refractivity (Wildman–Crippen MR) is 79.9 cm³/mol. The van der Waals surface area contributed by atoms with E-state index in [0.29, 0.717) is 19.7 Å². The second-order valence-corrected chi connectivity index (χ2v) is 6.10. The molecule has 2 rings (SSSR count). The van der Waals surface area contributed by atoms with Crippen LogP contribution in [-0.2, 0) is 0 Å². The van der Waals surface area contributed by atoms with Crippen LogP contribution >= 0.6 is 22.6 Å². The minimum atomic E-state index is -2.45. The first-order valence-corrected chi connectivity index (χ1v) is 7.62. The first kappa shape index (κ1) is 15.0. The third-order valence-electron chi connectivity index (χ3n) is 3.27. The molecular weight excluding hydrogens is 363 g/mol. The van der Waals surface area contributed by atoms with Gasteiger partial charge in [-0.05, 0) is 47.2 Å². The number of rotatable bonds is 5. The van der Waals surface area contributed by atoms with E-state index in [0.717, 1.165) is 22.3 Å². The quantitative estimate of drug-likeness (QED) is 0.569. The number of piperidine rings is 1. The summed E-state index contributed by atoms with van der Waals surface area (Å²) < 4.78 is 32.7. The van der Waals surface area contributed by atoms with Crippen molar-refractivity contribution in [3.8, 4) is 5.75 Å². The smallest absolute Gasteiger partial charge is 0.250 e. The van der Waals surface area contributed by atoms with Gasteiger partial charge in [0.25, 0.3) is 5.92 Å². The number of hydrogen-bond acceptors (Lipinski definition) is 2. The Morgan fingerprint density at radius 2 is 2.00 bits per heavy atom. The highest BCUT2D eigenvalue weighted by Crippen LogP contribution is 2.27. The van der Waals surface area contributed by atoms with Crippen molar-refractivity contribution in [3.05, 3.63) is 27.8 Å². The fraction of sp³-hybridized carbons (Fsp3) is 0.571. The summed E-state index contributed by atoms with van der Waals surface area (Å²) in [4.78, 5) is 2.09. The first-order valence-electron chi connectivity index (χ1n) is 6.54. The fourth-order valence-corrected chi connectivity index (χ4v) is 2.65. The molecule has 1 aliphatic rings. The van der Waals surface area contributed by atoms with Gasteiger partial charge in [0.2, 0.25) is 0 Å². The Balaban J connectivity index is 1.62. The molecule has 5 heteroatoms. The molecule has 1 aliphatic heterocycles. The van der Waals surface area contributed by atoms with E-state index in [4.69, 9.17) is 4.74 Å². The monoisotopic (exact) mass is 381 g/mol. The fourth-order valence-electron chi connectivity index (χ4n) is 2.14. The van der Waals surface area contributed by atoms with Crippen LogP contribution in [0.15, 0.2) is 24.3 Å². The SMILES string of the molecule is FC1(F)CCN(CCCOc2cccc(I)c2)CC1. The van der Waals surface area contributed by atoms with Crippen molar-refractivity contribution in [2.45, 2.75) is 25.2 Å². The summed E-state index contributed by atoms with van der Waals surface area (Å²) >= 11 is 2.25. The van der Waals surface area contributed by atoms with Crippen LogP contribution in [-0.4, -0.2) is 37.1 Å². The summed E-state index contributed by atoms with van der Waals surface area (Å²) in [6.45, 7) is 2.46. The van der Waals surface area contributed by atoms with Gasteiger partial charge in [-0.2, -0.15) is 0 Å². The van der Waals surface area contributed by atoms with Gasteiger partial charge in [0.1, 0.15) is 5.75 Å². The van der Waals surface area contributed by atoms with Crippen LogP contribution in [0.3, 0.4) is 0 Å². The maximum absolute atomic E-state index is 13.0. The Hall–Kier alpha value is -0.430. The van der Waals surface area contributed by atoms with E-state index in [1.54, 1.807) is 0 Å². The van der Waals surface area contributed by atoms with Crippen molar-refractivity contribution < 1.29 is 13.5 Å². The van der Waals surface area contributed by atoms with Gasteiger partial charge in [0.15, 0.2) is 0 Å². The molecule has 19 heavy (non-hydrogen) atoms. The summed E-state index contributed by atoms with van der Waals surface area (Å²) in [7, 11) is 0. The minimum Gasteiger partial charge on any atom is -0.494 e. The van der Waals surface area contributed by atoms with Crippen LogP contribution in [0.1, 0.15) is 19.3 Å². The van der Waals surface area contributed by atoms with E-state index in [1.807, 2.05) is 24.3 Å². The van der Waals surface area contributed by atoms with Crippen LogP contribution in [0.2, 0.25) is 0 Å². The van der Waals surface area contributed by atoms with E-state index in [-0.39, 0.29) is 12.8 Å². The molecule has 1 heterocycles. The molecule has 1 fully saturated rings. The largest absolute Gasteiger partial charge is 0.494 e. The summed E-state index contributed by atoms with van der Waals surface area (Å²) in [5.41, 5.74) is 0. The van der Waals surface area contributed by atoms with E-state index in [9.17, 15) is 8.78 Å². The van der Waals surface area contributed by atoms with Crippen LogP contribution in [0.5, 0.6) is 5.75 Å². The minimum absolute atomic E-state index is 0.00919.